The molecule has 118 valence electrons. The zero-order valence-corrected chi connectivity index (χ0v) is 14.3. The Bertz CT molecular complexity index is 563. The minimum atomic E-state index is -1.11. The number of fused-ring (bicyclic) bond motifs is 1. The summed E-state index contributed by atoms with van der Waals surface area (Å²) >= 11 is 0. The maximum Gasteiger partial charge on any atom is 0.125 e. The molecule has 3 nitrogen and oxygen atoms in total. The maximum atomic E-state index is 10.8. The van der Waals surface area contributed by atoms with Crippen LogP contribution in [0, 0.1) is 0 Å². The lowest BCUT2D eigenvalue weighted by Crippen LogP contribution is -2.35. The monoisotopic (exact) mass is 292 g/mol. The first kappa shape index (κ1) is 16.2. The van der Waals surface area contributed by atoms with Gasteiger partial charge in [-0.25, -0.2) is 0 Å². The third-order valence-corrected chi connectivity index (χ3v) is 4.87. The van der Waals surface area contributed by atoms with Crippen LogP contribution >= 0.6 is 0 Å². The topological polar surface area (TPSA) is 49.7 Å². The van der Waals surface area contributed by atoms with Crippen LogP contribution in [0.15, 0.2) is 6.07 Å². The molecule has 0 atom stereocenters. The molecule has 0 fully saturated rings. The fourth-order valence-electron chi connectivity index (χ4n) is 3.48. The van der Waals surface area contributed by atoms with Crippen molar-refractivity contribution in [3.63, 3.8) is 0 Å². The maximum absolute atomic E-state index is 10.8. The summed E-state index contributed by atoms with van der Waals surface area (Å²) in [5, 5.41) is 21.2. The zero-order chi connectivity index (χ0) is 16.2. The fourth-order valence-corrected chi connectivity index (χ4v) is 3.48. The van der Waals surface area contributed by atoms with Gasteiger partial charge in [0.2, 0.25) is 0 Å². The third-order valence-electron chi connectivity index (χ3n) is 4.87. The van der Waals surface area contributed by atoms with Gasteiger partial charge in [0, 0.05) is 16.7 Å². The van der Waals surface area contributed by atoms with Crippen molar-refractivity contribution in [3.8, 4) is 11.5 Å². The van der Waals surface area contributed by atoms with E-state index in [1.807, 2.05) is 0 Å². The van der Waals surface area contributed by atoms with Gasteiger partial charge in [-0.15, -0.1) is 0 Å². The molecule has 0 saturated carbocycles. The van der Waals surface area contributed by atoms with Crippen LogP contribution in [0.25, 0.3) is 0 Å². The van der Waals surface area contributed by atoms with Crippen molar-refractivity contribution < 1.29 is 14.9 Å². The van der Waals surface area contributed by atoms with E-state index in [0.717, 1.165) is 29.7 Å². The summed E-state index contributed by atoms with van der Waals surface area (Å²) in [6, 6.07) is 1.79. The quantitative estimate of drug-likeness (QED) is 0.867. The molecule has 0 saturated heterocycles. The summed E-state index contributed by atoms with van der Waals surface area (Å²) in [7, 11) is 1.65. The van der Waals surface area contributed by atoms with E-state index < -0.39 is 5.60 Å². The summed E-state index contributed by atoms with van der Waals surface area (Å²) in [6.45, 7) is 12.0. The summed E-state index contributed by atoms with van der Waals surface area (Å²) in [5.74, 6) is 0.980. The fraction of sp³-hybridized carbons (Fsp3) is 0.667. The van der Waals surface area contributed by atoms with Crippen molar-refractivity contribution in [2.24, 2.45) is 0 Å². The molecule has 0 amide bonds. The molecule has 0 spiro atoms. The molecule has 1 aliphatic carbocycles. The molecule has 1 aliphatic rings. The second-order valence-corrected chi connectivity index (χ2v) is 8.05. The molecular formula is C18H28O3. The van der Waals surface area contributed by atoms with Crippen LogP contribution in [-0.2, 0) is 16.4 Å². The highest BCUT2D eigenvalue weighted by atomic mass is 16.5. The van der Waals surface area contributed by atoms with E-state index in [1.165, 1.54) is 0 Å². The van der Waals surface area contributed by atoms with Gasteiger partial charge >= 0.3 is 0 Å². The van der Waals surface area contributed by atoms with Gasteiger partial charge in [-0.1, -0.05) is 27.7 Å². The summed E-state index contributed by atoms with van der Waals surface area (Å²) in [6.07, 6.45) is 2.05. The van der Waals surface area contributed by atoms with Gasteiger partial charge in [0.25, 0.3) is 0 Å². The Morgan fingerprint density at radius 3 is 1.95 bits per heavy atom. The average molecular weight is 292 g/mol. The van der Waals surface area contributed by atoms with Gasteiger partial charge in [0.1, 0.15) is 11.5 Å². The Kier molecular flexibility index (Phi) is 3.57. The highest BCUT2D eigenvalue weighted by Gasteiger charge is 2.43. The Morgan fingerprint density at radius 2 is 1.52 bits per heavy atom. The van der Waals surface area contributed by atoms with Gasteiger partial charge in [0.15, 0.2) is 0 Å². The Morgan fingerprint density at radius 1 is 1.05 bits per heavy atom. The first-order valence-corrected chi connectivity index (χ1v) is 7.59. The molecule has 0 aromatic heterocycles. The van der Waals surface area contributed by atoms with E-state index in [-0.39, 0.29) is 16.6 Å². The van der Waals surface area contributed by atoms with E-state index in [9.17, 15) is 10.2 Å². The average Bonchev–Trinajstić information content (AvgIpc) is 2.33. The van der Waals surface area contributed by atoms with Crippen molar-refractivity contribution in [2.75, 3.05) is 7.11 Å². The van der Waals surface area contributed by atoms with Gasteiger partial charge < -0.3 is 14.9 Å². The molecule has 0 radical (unpaired) electrons. The lowest BCUT2D eigenvalue weighted by molar-refractivity contribution is 0.0749. The van der Waals surface area contributed by atoms with Crippen molar-refractivity contribution in [2.45, 2.75) is 70.8 Å². The highest BCUT2D eigenvalue weighted by Crippen LogP contribution is 2.54. The molecule has 3 heteroatoms. The van der Waals surface area contributed by atoms with Gasteiger partial charge in [-0.2, -0.15) is 0 Å². The predicted octanol–water partition coefficient (Wildman–Crippen LogP) is 3.98. The number of hydrogen-bond donors (Lipinski definition) is 2. The SMILES string of the molecule is COc1cc(C(C)(C)O)c(O)c2c1C(C)(C)CCC2(C)C. The van der Waals surface area contributed by atoms with E-state index in [2.05, 4.69) is 27.7 Å². The second-order valence-electron chi connectivity index (χ2n) is 8.05. The van der Waals surface area contributed by atoms with Gasteiger partial charge in [-0.05, 0) is 43.6 Å². The van der Waals surface area contributed by atoms with Gasteiger partial charge in [-0.3, -0.25) is 0 Å². The number of ether oxygens (including phenoxy) is 1. The van der Waals surface area contributed by atoms with E-state index in [1.54, 1.807) is 27.0 Å². The van der Waals surface area contributed by atoms with Crippen LogP contribution in [0.5, 0.6) is 11.5 Å². The second kappa shape index (κ2) is 4.64. The van der Waals surface area contributed by atoms with Crippen LogP contribution in [0.3, 0.4) is 0 Å². The Hall–Kier alpha value is -1.22. The molecule has 2 N–H and O–H groups in total. The largest absolute Gasteiger partial charge is 0.507 e. The van der Waals surface area contributed by atoms with Gasteiger partial charge in [0.05, 0.1) is 12.7 Å². The molecule has 2 rings (SSSR count). The first-order valence-electron chi connectivity index (χ1n) is 7.59. The van der Waals surface area contributed by atoms with Crippen LogP contribution in [-0.4, -0.2) is 17.3 Å². The molecule has 21 heavy (non-hydrogen) atoms. The van der Waals surface area contributed by atoms with Crippen LogP contribution in [0.4, 0.5) is 0 Å². The normalized spacial score (nSPS) is 20.0. The van der Waals surface area contributed by atoms with Crippen molar-refractivity contribution >= 4 is 0 Å². The number of phenolic OH excluding ortho intramolecular Hbond substituents is 1. The van der Waals surface area contributed by atoms with Crippen molar-refractivity contribution in [1.82, 2.24) is 0 Å². The summed E-state index contributed by atoms with van der Waals surface area (Å²) in [4.78, 5) is 0. The molecular weight excluding hydrogens is 264 g/mol. The number of aliphatic hydroxyl groups is 1. The number of methoxy groups -OCH3 is 1. The highest BCUT2D eigenvalue weighted by molar-refractivity contribution is 5.61. The first-order chi connectivity index (χ1) is 9.42. The summed E-state index contributed by atoms with van der Waals surface area (Å²) in [5.41, 5.74) is 1.24. The van der Waals surface area contributed by atoms with Crippen LogP contribution < -0.4 is 4.74 Å². The lowest BCUT2D eigenvalue weighted by Gasteiger charge is -2.43. The summed E-state index contributed by atoms with van der Waals surface area (Å²) < 4.78 is 5.61. The molecule has 0 aliphatic heterocycles. The number of rotatable bonds is 2. The number of aromatic hydroxyl groups is 1. The Labute approximate surface area is 128 Å². The van der Waals surface area contributed by atoms with E-state index in [4.69, 9.17) is 4.74 Å². The molecule has 0 heterocycles. The van der Waals surface area contributed by atoms with E-state index >= 15 is 0 Å². The predicted molar refractivity (Wildman–Crippen MR) is 85.2 cm³/mol. The van der Waals surface area contributed by atoms with Crippen LogP contribution in [0.2, 0.25) is 0 Å². The zero-order valence-electron chi connectivity index (χ0n) is 14.3. The lowest BCUT2D eigenvalue weighted by atomic mass is 9.62. The standard InChI is InChI=1S/C18H28O3/c1-16(2)8-9-17(3,4)14-13(16)12(21-7)10-11(15(14)19)18(5,6)20/h10,19-20H,8-9H2,1-7H3. The minimum absolute atomic E-state index is 0.0498. The number of hydrogen-bond acceptors (Lipinski definition) is 3. The molecule has 0 bridgehead atoms. The smallest absolute Gasteiger partial charge is 0.125 e. The van der Waals surface area contributed by atoms with Crippen molar-refractivity contribution in [3.05, 3.63) is 22.8 Å². The van der Waals surface area contributed by atoms with Crippen LogP contribution in [0.1, 0.15) is 71.1 Å². The molecule has 1 aromatic rings. The number of benzene rings is 1. The van der Waals surface area contributed by atoms with Crippen molar-refractivity contribution in [1.29, 1.82) is 0 Å². The molecule has 0 unspecified atom stereocenters. The Balaban J connectivity index is 2.90. The molecule has 1 aromatic carbocycles. The third kappa shape index (κ3) is 2.52. The minimum Gasteiger partial charge on any atom is -0.507 e. The van der Waals surface area contributed by atoms with E-state index in [0.29, 0.717) is 5.56 Å². The number of phenols is 1.